The summed E-state index contributed by atoms with van der Waals surface area (Å²) in [5.41, 5.74) is 1.59. The molecule has 0 bridgehead atoms. The van der Waals surface area contributed by atoms with Gasteiger partial charge in [0, 0.05) is 4.88 Å². The molecule has 1 aromatic carbocycles. The summed E-state index contributed by atoms with van der Waals surface area (Å²) in [6.07, 6.45) is 2.62. The molecule has 2 aromatic rings. The molecule has 7 nitrogen and oxygen atoms in total. The first-order valence-corrected chi connectivity index (χ1v) is 10.3. The molecule has 1 aromatic heterocycles. The van der Waals surface area contributed by atoms with Crippen LogP contribution in [0.1, 0.15) is 57.8 Å². The zero-order valence-electron chi connectivity index (χ0n) is 16.3. The number of aromatic hydroxyl groups is 1. The highest BCUT2D eigenvalue weighted by Gasteiger charge is 2.29. The van der Waals surface area contributed by atoms with E-state index in [2.05, 4.69) is 5.32 Å². The summed E-state index contributed by atoms with van der Waals surface area (Å²) in [6.45, 7) is 3.45. The number of carbonyl (C=O) groups is 3. The molecule has 1 amide bonds. The van der Waals surface area contributed by atoms with Crippen molar-refractivity contribution in [2.75, 3.05) is 11.9 Å². The third-order valence-corrected chi connectivity index (χ3v) is 5.85. The van der Waals surface area contributed by atoms with Gasteiger partial charge in [-0.25, -0.2) is 9.59 Å². The monoisotopic (exact) mass is 417 g/mol. The molecule has 1 heterocycles. The lowest BCUT2D eigenvalue weighted by atomic mass is 9.95. The van der Waals surface area contributed by atoms with Gasteiger partial charge in [0.1, 0.15) is 10.8 Å². The highest BCUT2D eigenvalue weighted by atomic mass is 32.1. The minimum absolute atomic E-state index is 0.0282. The SMILES string of the molecule is CCOC(=O)c1c(NC(=O)[C@H](C)OC(=O)c2ccc(O)cc2)sc2c1CCCC2. The number of anilines is 1. The average Bonchev–Trinajstić information content (AvgIpc) is 3.06. The quantitative estimate of drug-likeness (QED) is 0.695. The van der Waals surface area contributed by atoms with E-state index in [4.69, 9.17) is 9.47 Å². The van der Waals surface area contributed by atoms with Gasteiger partial charge in [-0.3, -0.25) is 4.79 Å². The lowest BCUT2D eigenvalue weighted by Crippen LogP contribution is -2.30. The Morgan fingerprint density at radius 1 is 1.14 bits per heavy atom. The summed E-state index contributed by atoms with van der Waals surface area (Å²) in [5, 5.41) is 12.5. The van der Waals surface area contributed by atoms with Gasteiger partial charge >= 0.3 is 11.9 Å². The molecule has 8 heteroatoms. The van der Waals surface area contributed by atoms with E-state index in [0.717, 1.165) is 36.1 Å². The number of esters is 2. The molecule has 0 aliphatic heterocycles. The average molecular weight is 417 g/mol. The molecule has 1 atom stereocenters. The van der Waals surface area contributed by atoms with Crippen LogP contribution >= 0.6 is 11.3 Å². The Hall–Kier alpha value is -2.87. The van der Waals surface area contributed by atoms with Gasteiger partial charge in [-0.05, 0) is 69.4 Å². The van der Waals surface area contributed by atoms with Crippen LogP contribution in [0.3, 0.4) is 0 Å². The Balaban J connectivity index is 1.74. The summed E-state index contributed by atoms with van der Waals surface area (Å²) in [6, 6.07) is 5.55. The molecule has 154 valence electrons. The van der Waals surface area contributed by atoms with E-state index in [1.807, 2.05) is 0 Å². The second-order valence-electron chi connectivity index (χ2n) is 6.72. The largest absolute Gasteiger partial charge is 0.508 e. The van der Waals surface area contributed by atoms with Crippen LogP contribution < -0.4 is 5.32 Å². The van der Waals surface area contributed by atoms with Gasteiger partial charge in [-0.1, -0.05) is 0 Å². The number of ether oxygens (including phenoxy) is 2. The van der Waals surface area contributed by atoms with Gasteiger partial charge in [0.05, 0.1) is 17.7 Å². The van der Waals surface area contributed by atoms with E-state index in [1.165, 1.54) is 42.5 Å². The minimum atomic E-state index is -1.06. The van der Waals surface area contributed by atoms with E-state index in [-0.39, 0.29) is 17.9 Å². The summed E-state index contributed by atoms with van der Waals surface area (Å²) in [5.74, 6) is -1.62. The molecular weight excluding hydrogens is 394 g/mol. The van der Waals surface area contributed by atoms with Gasteiger partial charge in [0.25, 0.3) is 5.91 Å². The van der Waals surface area contributed by atoms with Gasteiger partial charge in [-0.15, -0.1) is 11.3 Å². The van der Waals surface area contributed by atoms with Crippen LogP contribution in [0.4, 0.5) is 5.00 Å². The normalized spacial score (nSPS) is 13.9. The van der Waals surface area contributed by atoms with E-state index < -0.39 is 23.9 Å². The Bertz CT molecular complexity index is 918. The van der Waals surface area contributed by atoms with Crippen molar-refractivity contribution in [3.63, 3.8) is 0 Å². The maximum absolute atomic E-state index is 12.6. The second kappa shape index (κ2) is 9.09. The predicted octanol–water partition coefficient (Wildman–Crippen LogP) is 3.69. The molecule has 1 aliphatic carbocycles. The predicted molar refractivity (Wildman–Crippen MR) is 109 cm³/mol. The molecule has 0 unspecified atom stereocenters. The fourth-order valence-electron chi connectivity index (χ4n) is 3.17. The molecule has 3 rings (SSSR count). The van der Waals surface area contributed by atoms with Crippen LogP contribution in [-0.4, -0.2) is 35.7 Å². The van der Waals surface area contributed by atoms with Crippen molar-refractivity contribution in [3.05, 3.63) is 45.8 Å². The Morgan fingerprint density at radius 2 is 1.83 bits per heavy atom. The van der Waals surface area contributed by atoms with Gasteiger partial charge in [0.2, 0.25) is 0 Å². The number of fused-ring (bicyclic) bond motifs is 1. The maximum Gasteiger partial charge on any atom is 0.341 e. The first-order chi connectivity index (χ1) is 13.9. The number of nitrogens with one attached hydrogen (secondary N) is 1. The van der Waals surface area contributed by atoms with Crippen LogP contribution in [0, 0.1) is 0 Å². The summed E-state index contributed by atoms with van der Waals surface area (Å²) >= 11 is 1.38. The van der Waals surface area contributed by atoms with E-state index in [9.17, 15) is 19.5 Å². The van der Waals surface area contributed by atoms with Gasteiger partial charge in [-0.2, -0.15) is 0 Å². The highest BCUT2D eigenvalue weighted by molar-refractivity contribution is 7.17. The molecule has 1 aliphatic rings. The van der Waals surface area contributed by atoms with Gasteiger partial charge in [0.15, 0.2) is 6.10 Å². The van der Waals surface area contributed by atoms with E-state index in [1.54, 1.807) is 6.92 Å². The molecular formula is C21H23NO6S. The van der Waals surface area contributed by atoms with Crippen molar-refractivity contribution in [2.24, 2.45) is 0 Å². The van der Waals surface area contributed by atoms with E-state index >= 15 is 0 Å². The zero-order chi connectivity index (χ0) is 21.0. The Labute approximate surface area is 172 Å². The van der Waals surface area contributed by atoms with Crippen LogP contribution in [-0.2, 0) is 27.1 Å². The van der Waals surface area contributed by atoms with Crippen LogP contribution in [0.2, 0.25) is 0 Å². The third kappa shape index (κ3) is 4.76. The molecule has 0 radical (unpaired) electrons. The maximum atomic E-state index is 12.6. The molecule has 0 spiro atoms. The van der Waals surface area contributed by atoms with Crippen molar-refractivity contribution in [2.45, 2.75) is 45.6 Å². The number of rotatable bonds is 6. The van der Waals surface area contributed by atoms with Crippen LogP contribution in [0.5, 0.6) is 5.75 Å². The van der Waals surface area contributed by atoms with Crippen molar-refractivity contribution in [1.29, 1.82) is 0 Å². The number of phenols is 1. The first-order valence-electron chi connectivity index (χ1n) is 9.53. The number of hydrogen-bond acceptors (Lipinski definition) is 7. The Kier molecular flexibility index (Phi) is 6.53. The van der Waals surface area contributed by atoms with Crippen LogP contribution in [0.25, 0.3) is 0 Å². The number of phenolic OH excluding ortho intramolecular Hbond substituents is 1. The number of benzene rings is 1. The number of amides is 1. The van der Waals surface area contributed by atoms with Crippen molar-refractivity contribution >= 4 is 34.2 Å². The number of thiophene rings is 1. The number of hydrogen-bond donors (Lipinski definition) is 2. The molecule has 29 heavy (non-hydrogen) atoms. The Morgan fingerprint density at radius 3 is 2.52 bits per heavy atom. The molecule has 0 saturated carbocycles. The van der Waals surface area contributed by atoms with Crippen molar-refractivity contribution in [3.8, 4) is 5.75 Å². The third-order valence-electron chi connectivity index (χ3n) is 4.64. The molecule has 0 saturated heterocycles. The first kappa shape index (κ1) is 20.9. The van der Waals surface area contributed by atoms with Crippen LogP contribution in [0.15, 0.2) is 24.3 Å². The van der Waals surface area contributed by atoms with Crippen molar-refractivity contribution < 1.29 is 29.0 Å². The fraction of sp³-hybridized carbons (Fsp3) is 0.381. The van der Waals surface area contributed by atoms with Crippen molar-refractivity contribution in [1.82, 2.24) is 0 Å². The summed E-state index contributed by atoms with van der Waals surface area (Å²) < 4.78 is 10.4. The lowest BCUT2D eigenvalue weighted by Gasteiger charge is -2.14. The molecule has 2 N–H and O–H groups in total. The smallest absolute Gasteiger partial charge is 0.341 e. The number of aryl methyl sites for hydroxylation is 1. The summed E-state index contributed by atoms with van der Waals surface area (Å²) in [4.78, 5) is 38.3. The topological polar surface area (TPSA) is 102 Å². The zero-order valence-corrected chi connectivity index (χ0v) is 17.1. The lowest BCUT2D eigenvalue weighted by molar-refractivity contribution is -0.123. The fourth-order valence-corrected chi connectivity index (χ4v) is 4.45. The minimum Gasteiger partial charge on any atom is -0.508 e. The number of carbonyl (C=O) groups excluding carboxylic acids is 3. The second-order valence-corrected chi connectivity index (χ2v) is 7.82. The highest BCUT2D eigenvalue weighted by Crippen LogP contribution is 2.38. The summed E-state index contributed by atoms with van der Waals surface area (Å²) in [7, 11) is 0. The molecule has 0 fully saturated rings. The van der Waals surface area contributed by atoms with E-state index in [0.29, 0.717) is 10.6 Å². The van der Waals surface area contributed by atoms with Gasteiger partial charge < -0.3 is 19.9 Å². The standard InChI is InChI=1S/C21H23NO6S/c1-3-27-21(26)17-15-6-4-5-7-16(15)29-19(17)22-18(24)12(2)28-20(25)13-8-10-14(23)11-9-13/h8-12,23H,3-7H2,1-2H3,(H,22,24)/t12-/m0/s1.